The molecule has 0 spiro atoms. The fraction of sp³-hybridized carbons (Fsp3) is 0.222. The Bertz CT molecular complexity index is 1270. The SMILES string of the molecule is O=C(Nc1cc(Br)ccc1C(=O)NC(C(=O)O)C1CC1)OCC1c2ccccc2-c2ccccc21. The largest absolute Gasteiger partial charge is 0.480 e. The summed E-state index contributed by atoms with van der Waals surface area (Å²) in [6, 6.07) is 19.9. The maximum Gasteiger partial charge on any atom is 0.411 e. The number of nitrogens with one attached hydrogen (secondary N) is 2. The van der Waals surface area contributed by atoms with Gasteiger partial charge in [-0.2, -0.15) is 0 Å². The molecule has 2 aliphatic carbocycles. The fourth-order valence-electron chi connectivity index (χ4n) is 4.59. The topological polar surface area (TPSA) is 105 Å². The molecule has 3 aromatic rings. The van der Waals surface area contributed by atoms with E-state index in [1.54, 1.807) is 12.1 Å². The van der Waals surface area contributed by atoms with E-state index in [0.717, 1.165) is 35.1 Å². The van der Waals surface area contributed by atoms with Crippen LogP contribution >= 0.6 is 15.9 Å². The highest BCUT2D eigenvalue weighted by Crippen LogP contribution is 2.44. The van der Waals surface area contributed by atoms with Crippen molar-refractivity contribution in [2.75, 3.05) is 11.9 Å². The van der Waals surface area contributed by atoms with Crippen molar-refractivity contribution in [3.05, 3.63) is 87.9 Å². The molecule has 2 amide bonds. The van der Waals surface area contributed by atoms with Crippen molar-refractivity contribution in [3.63, 3.8) is 0 Å². The number of halogens is 1. The highest BCUT2D eigenvalue weighted by molar-refractivity contribution is 9.10. The van der Waals surface area contributed by atoms with Gasteiger partial charge in [-0.3, -0.25) is 10.1 Å². The molecule has 0 saturated heterocycles. The molecule has 0 radical (unpaired) electrons. The average Bonchev–Trinajstić information content (AvgIpc) is 3.63. The van der Waals surface area contributed by atoms with Crippen LogP contribution in [0.1, 0.15) is 40.2 Å². The molecule has 0 aliphatic heterocycles. The molecule has 5 rings (SSSR count). The molecule has 1 atom stereocenters. The van der Waals surface area contributed by atoms with Crippen molar-refractivity contribution < 1.29 is 24.2 Å². The molecular weight excluding hydrogens is 512 g/mol. The first-order valence-corrected chi connectivity index (χ1v) is 12.2. The third-order valence-electron chi connectivity index (χ3n) is 6.45. The zero-order valence-corrected chi connectivity index (χ0v) is 20.2. The maximum atomic E-state index is 12.9. The Kier molecular flexibility index (Phi) is 6.30. The highest BCUT2D eigenvalue weighted by atomic mass is 79.9. The van der Waals surface area contributed by atoms with E-state index in [4.69, 9.17) is 4.74 Å². The third kappa shape index (κ3) is 4.79. The van der Waals surface area contributed by atoms with Gasteiger partial charge in [0.1, 0.15) is 12.6 Å². The summed E-state index contributed by atoms with van der Waals surface area (Å²) in [6.07, 6.45) is 0.834. The van der Waals surface area contributed by atoms with Crippen LogP contribution < -0.4 is 10.6 Å². The van der Waals surface area contributed by atoms with Gasteiger partial charge in [0.05, 0.1) is 11.3 Å². The molecule has 3 N–H and O–H groups in total. The summed E-state index contributed by atoms with van der Waals surface area (Å²) in [4.78, 5) is 37.2. The maximum absolute atomic E-state index is 12.9. The zero-order chi connectivity index (χ0) is 24.5. The van der Waals surface area contributed by atoms with Crippen LogP contribution in [0.4, 0.5) is 10.5 Å². The number of carboxylic acid groups (broad SMARTS) is 1. The predicted molar refractivity (Wildman–Crippen MR) is 134 cm³/mol. The van der Waals surface area contributed by atoms with Gasteiger partial charge < -0.3 is 15.2 Å². The fourth-order valence-corrected chi connectivity index (χ4v) is 4.95. The first kappa shape index (κ1) is 23.1. The molecule has 0 bridgehead atoms. The summed E-state index contributed by atoms with van der Waals surface area (Å²) in [6.45, 7) is 0.137. The molecule has 1 fully saturated rings. The van der Waals surface area contributed by atoms with Crippen LogP contribution in [0.2, 0.25) is 0 Å². The molecule has 2 aliphatic rings. The van der Waals surface area contributed by atoms with Gasteiger partial charge in [-0.1, -0.05) is 64.5 Å². The van der Waals surface area contributed by atoms with Gasteiger partial charge in [0.15, 0.2) is 0 Å². The van der Waals surface area contributed by atoms with E-state index in [9.17, 15) is 19.5 Å². The molecular formula is C27H23BrN2O5. The van der Waals surface area contributed by atoms with Gasteiger partial charge in [0.25, 0.3) is 5.91 Å². The number of amides is 2. The van der Waals surface area contributed by atoms with Gasteiger partial charge in [-0.05, 0) is 59.2 Å². The number of ether oxygens (including phenoxy) is 1. The minimum atomic E-state index is -1.07. The van der Waals surface area contributed by atoms with Gasteiger partial charge in [0, 0.05) is 10.4 Å². The van der Waals surface area contributed by atoms with Crippen LogP contribution in [0.5, 0.6) is 0 Å². The summed E-state index contributed by atoms with van der Waals surface area (Å²) in [5.41, 5.74) is 4.86. The van der Waals surface area contributed by atoms with Crippen LogP contribution in [0.3, 0.4) is 0 Å². The Morgan fingerprint density at radius 1 is 0.971 bits per heavy atom. The molecule has 178 valence electrons. The molecule has 0 aromatic heterocycles. The lowest BCUT2D eigenvalue weighted by atomic mass is 9.98. The van der Waals surface area contributed by atoms with E-state index in [-0.39, 0.29) is 29.7 Å². The van der Waals surface area contributed by atoms with Crippen LogP contribution in [-0.2, 0) is 9.53 Å². The number of anilines is 1. The van der Waals surface area contributed by atoms with E-state index < -0.39 is 24.0 Å². The van der Waals surface area contributed by atoms with Crippen molar-refractivity contribution in [3.8, 4) is 11.1 Å². The molecule has 35 heavy (non-hydrogen) atoms. The first-order chi connectivity index (χ1) is 16.9. The Morgan fingerprint density at radius 2 is 1.60 bits per heavy atom. The van der Waals surface area contributed by atoms with Crippen molar-refractivity contribution in [1.29, 1.82) is 0 Å². The summed E-state index contributed by atoms with van der Waals surface area (Å²) >= 11 is 3.35. The number of hydrogen-bond donors (Lipinski definition) is 3. The monoisotopic (exact) mass is 534 g/mol. The number of hydrogen-bond acceptors (Lipinski definition) is 4. The molecule has 1 unspecified atom stereocenters. The summed E-state index contributed by atoms with van der Waals surface area (Å²) < 4.78 is 6.25. The van der Waals surface area contributed by atoms with Crippen LogP contribution in [0, 0.1) is 5.92 Å². The van der Waals surface area contributed by atoms with E-state index in [0.29, 0.717) is 4.47 Å². The minimum absolute atomic E-state index is 0.0644. The van der Waals surface area contributed by atoms with E-state index >= 15 is 0 Å². The van der Waals surface area contributed by atoms with Crippen LogP contribution in [0.15, 0.2) is 71.2 Å². The molecule has 8 heteroatoms. The van der Waals surface area contributed by atoms with Gasteiger partial charge in [0.2, 0.25) is 0 Å². The quantitative estimate of drug-likeness (QED) is 0.376. The molecule has 7 nitrogen and oxygen atoms in total. The van der Waals surface area contributed by atoms with E-state index in [1.165, 1.54) is 6.07 Å². The second-order valence-corrected chi connectivity index (χ2v) is 9.68. The molecule has 0 heterocycles. The predicted octanol–water partition coefficient (Wildman–Crippen LogP) is 5.40. The lowest BCUT2D eigenvalue weighted by Gasteiger charge is -2.17. The third-order valence-corrected chi connectivity index (χ3v) is 6.95. The minimum Gasteiger partial charge on any atom is -0.480 e. The molecule has 3 aromatic carbocycles. The lowest BCUT2D eigenvalue weighted by Crippen LogP contribution is -2.42. The Labute approximate surface area is 210 Å². The second-order valence-electron chi connectivity index (χ2n) is 8.77. The number of carbonyl (C=O) groups excluding carboxylic acids is 2. The van der Waals surface area contributed by atoms with Crippen molar-refractivity contribution in [1.82, 2.24) is 5.32 Å². The number of aliphatic carboxylic acids is 1. The van der Waals surface area contributed by atoms with Crippen molar-refractivity contribution in [2.24, 2.45) is 5.92 Å². The Balaban J connectivity index is 1.30. The number of carbonyl (C=O) groups is 3. The zero-order valence-electron chi connectivity index (χ0n) is 18.7. The summed E-state index contributed by atoms with van der Waals surface area (Å²) in [5.74, 6) is -1.78. The smallest absolute Gasteiger partial charge is 0.411 e. The summed E-state index contributed by atoms with van der Waals surface area (Å²) in [7, 11) is 0. The lowest BCUT2D eigenvalue weighted by molar-refractivity contribution is -0.139. The normalized spacial score (nSPS) is 15.0. The van der Waals surface area contributed by atoms with Crippen molar-refractivity contribution in [2.45, 2.75) is 24.8 Å². The number of carboxylic acids is 1. The molecule has 1 saturated carbocycles. The van der Waals surface area contributed by atoms with Gasteiger partial charge in [-0.15, -0.1) is 0 Å². The standard InChI is InChI=1S/C27H23BrN2O5/c28-16-11-12-21(25(31)30-24(26(32)33)15-9-10-15)23(13-16)29-27(34)35-14-22-19-7-3-1-5-17(19)18-6-2-4-8-20(18)22/h1-8,11-13,15,22,24H,9-10,14H2,(H,29,34)(H,30,31)(H,32,33). The van der Waals surface area contributed by atoms with Crippen molar-refractivity contribution >= 4 is 39.6 Å². The number of rotatable bonds is 7. The highest BCUT2D eigenvalue weighted by Gasteiger charge is 2.37. The number of fused-ring (bicyclic) bond motifs is 3. The van der Waals surface area contributed by atoms with Crippen LogP contribution in [0.25, 0.3) is 11.1 Å². The van der Waals surface area contributed by atoms with Gasteiger partial charge >= 0.3 is 12.1 Å². The first-order valence-electron chi connectivity index (χ1n) is 11.4. The van der Waals surface area contributed by atoms with Crippen LogP contribution in [-0.4, -0.2) is 35.7 Å². The second kappa shape index (κ2) is 9.54. The summed E-state index contributed by atoms with van der Waals surface area (Å²) in [5, 5.41) is 14.7. The Hall–Kier alpha value is -3.65. The van der Waals surface area contributed by atoms with E-state index in [2.05, 4.69) is 38.7 Å². The Morgan fingerprint density at radius 3 is 2.20 bits per heavy atom. The average molecular weight is 535 g/mol. The van der Waals surface area contributed by atoms with Gasteiger partial charge in [-0.25, -0.2) is 9.59 Å². The van der Waals surface area contributed by atoms with E-state index in [1.807, 2.05) is 36.4 Å². The number of benzene rings is 3.